The molecule has 1 aliphatic heterocycles. The van der Waals surface area contributed by atoms with Crippen LogP contribution < -0.4 is 4.90 Å². The summed E-state index contributed by atoms with van der Waals surface area (Å²) in [5.74, 6) is -0.670. The number of halogens is 2. The molecule has 3 heterocycles. The van der Waals surface area contributed by atoms with E-state index in [-0.39, 0.29) is 11.7 Å². The second kappa shape index (κ2) is 9.16. The van der Waals surface area contributed by atoms with Gasteiger partial charge in [0.05, 0.1) is 31.7 Å². The molecule has 1 saturated heterocycles. The molecule has 1 amide bonds. The lowest BCUT2D eigenvalue weighted by atomic mass is 10.0. The van der Waals surface area contributed by atoms with Crippen molar-refractivity contribution in [3.8, 4) is 10.6 Å². The zero-order valence-corrected chi connectivity index (χ0v) is 20.0. The molecule has 1 fully saturated rings. The molecule has 0 bridgehead atoms. The average Bonchev–Trinajstić information content (AvgIpc) is 3.29. The third-order valence-electron chi connectivity index (χ3n) is 6.03. The average molecular weight is 494 g/mol. The van der Waals surface area contributed by atoms with Gasteiger partial charge in [-0.2, -0.15) is 0 Å². The molecule has 0 atom stereocenters. The highest BCUT2D eigenvalue weighted by Crippen LogP contribution is 2.33. The third kappa shape index (κ3) is 4.29. The molecule has 0 saturated carbocycles. The quantitative estimate of drug-likeness (QED) is 0.331. The number of nitrogens with zero attached hydrogens (tertiary/aromatic N) is 3. The van der Waals surface area contributed by atoms with Crippen LogP contribution >= 0.6 is 22.9 Å². The highest BCUT2D eigenvalue weighted by molar-refractivity contribution is 7.19. The summed E-state index contributed by atoms with van der Waals surface area (Å²) in [7, 11) is 0. The number of carbonyl (C=O) groups is 2. The Kier molecular flexibility index (Phi) is 6.06. The van der Waals surface area contributed by atoms with Gasteiger partial charge >= 0.3 is 0 Å². The number of ketones is 1. The van der Waals surface area contributed by atoms with Crippen LogP contribution in [0.15, 0.2) is 60.7 Å². The molecule has 34 heavy (non-hydrogen) atoms. The van der Waals surface area contributed by atoms with Gasteiger partial charge in [-0.3, -0.25) is 9.59 Å². The molecule has 172 valence electrons. The molecule has 0 unspecified atom stereocenters. The smallest absolute Gasteiger partial charge is 0.254 e. The molecule has 0 radical (unpaired) electrons. The Morgan fingerprint density at radius 2 is 1.76 bits per heavy atom. The SMILES string of the molecule is CC(=O)c1ccc(N2CCN(C(=O)c3cc(-c4ccc(Cl)s4)nc4ccccc34)CC2)c(F)c1. The van der Waals surface area contributed by atoms with Gasteiger partial charge in [-0.05, 0) is 49.4 Å². The fourth-order valence-electron chi connectivity index (χ4n) is 4.23. The van der Waals surface area contributed by atoms with Gasteiger partial charge < -0.3 is 9.80 Å². The van der Waals surface area contributed by atoms with Crippen molar-refractivity contribution in [1.82, 2.24) is 9.88 Å². The Bertz CT molecular complexity index is 1410. The van der Waals surface area contributed by atoms with Crippen LogP contribution in [0.2, 0.25) is 4.34 Å². The fraction of sp³-hybridized carbons (Fsp3) is 0.192. The second-order valence-corrected chi connectivity index (χ2v) is 9.89. The third-order valence-corrected chi connectivity index (χ3v) is 7.29. The maximum atomic E-state index is 14.6. The van der Waals surface area contributed by atoms with E-state index in [2.05, 4.69) is 0 Å². The summed E-state index contributed by atoms with van der Waals surface area (Å²) >= 11 is 7.54. The number of thiophene rings is 1. The van der Waals surface area contributed by atoms with Gasteiger partial charge in [0, 0.05) is 37.1 Å². The van der Waals surface area contributed by atoms with Crippen molar-refractivity contribution >= 4 is 51.2 Å². The van der Waals surface area contributed by atoms with Gasteiger partial charge in [-0.25, -0.2) is 9.37 Å². The summed E-state index contributed by atoms with van der Waals surface area (Å²) in [4.78, 5) is 34.4. The Hall–Kier alpha value is -3.29. The predicted molar refractivity (Wildman–Crippen MR) is 135 cm³/mol. The van der Waals surface area contributed by atoms with Crippen LogP contribution in [0.25, 0.3) is 21.5 Å². The first-order valence-corrected chi connectivity index (χ1v) is 12.1. The van der Waals surface area contributed by atoms with Crippen LogP contribution in [0.4, 0.5) is 10.1 Å². The summed E-state index contributed by atoms with van der Waals surface area (Å²) < 4.78 is 15.3. The number of piperazine rings is 1. The first-order valence-electron chi connectivity index (χ1n) is 10.9. The molecule has 0 aliphatic carbocycles. The Labute approximate surface area is 205 Å². The van der Waals surface area contributed by atoms with Crippen molar-refractivity contribution in [3.05, 3.63) is 81.9 Å². The first kappa shape index (κ1) is 22.5. The fourth-order valence-corrected chi connectivity index (χ4v) is 5.24. The number of Topliss-reactive ketones (excluding diaryl/α,β-unsaturated/α-hetero) is 1. The van der Waals surface area contributed by atoms with Crippen molar-refractivity contribution in [2.75, 3.05) is 31.1 Å². The predicted octanol–water partition coefficient (Wildman–Crippen LogP) is 5.92. The van der Waals surface area contributed by atoms with Crippen LogP contribution in [0, 0.1) is 5.82 Å². The molecule has 1 aliphatic rings. The summed E-state index contributed by atoms with van der Waals surface area (Å²) in [6.45, 7) is 3.34. The zero-order valence-electron chi connectivity index (χ0n) is 18.4. The van der Waals surface area contributed by atoms with Gasteiger partial charge in [0.1, 0.15) is 5.82 Å². The van der Waals surface area contributed by atoms with Crippen LogP contribution in [-0.2, 0) is 0 Å². The molecule has 0 N–H and O–H groups in total. The first-order chi connectivity index (χ1) is 16.4. The number of hydrogen-bond acceptors (Lipinski definition) is 5. The maximum Gasteiger partial charge on any atom is 0.254 e. The number of pyridine rings is 1. The Morgan fingerprint density at radius 3 is 2.44 bits per heavy atom. The number of benzene rings is 2. The summed E-state index contributed by atoms with van der Waals surface area (Å²) in [5, 5.41) is 0.798. The van der Waals surface area contributed by atoms with Gasteiger partial charge in [-0.15, -0.1) is 11.3 Å². The van der Waals surface area contributed by atoms with E-state index < -0.39 is 5.82 Å². The van der Waals surface area contributed by atoms with Crippen molar-refractivity contribution in [2.45, 2.75) is 6.92 Å². The number of aromatic nitrogens is 1. The zero-order chi connectivity index (χ0) is 23.8. The minimum absolute atomic E-state index is 0.0745. The molecule has 0 spiro atoms. The number of para-hydroxylation sites is 1. The van der Waals surface area contributed by atoms with Crippen LogP contribution in [-0.4, -0.2) is 47.8 Å². The van der Waals surface area contributed by atoms with E-state index >= 15 is 0 Å². The highest BCUT2D eigenvalue weighted by Gasteiger charge is 2.26. The van der Waals surface area contributed by atoms with Crippen LogP contribution in [0.1, 0.15) is 27.6 Å². The van der Waals surface area contributed by atoms with E-state index in [1.165, 1.54) is 24.3 Å². The molecule has 2 aromatic heterocycles. The lowest BCUT2D eigenvalue weighted by Gasteiger charge is -2.36. The molecule has 5 nitrogen and oxygen atoms in total. The monoisotopic (exact) mass is 493 g/mol. The largest absolute Gasteiger partial charge is 0.366 e. The van der Waals surface area contributed by atoms with Crippen molar-refractivity contribution < 1.29 is 14.0 Å². The Balaban J connectivity index is 1.40. The van der Waals surface area contributed by atoms with E-state index in [1.807, 2.05) is 47.4 Å². The minimum atomic E-state index is -0.424. The van der Waals surface area contributed by atoms with Gasteiger partial charge in [-0.1, -0.05) is 29.8 Å². The maximum absolute atomic E-state index is 14.6. The van der Waals surface area contributed by atoms with E-state index in [4.69, 9.17) is 16.6 Å². The van der Waals surface area contributed by atoms with Gasteiger partial charge in [0.25, 0.3) is 5.91 Å². The van der Waals surface area contributed by atoms with Crippen molar-refractivity contribution in [3.63, 3.8) is 0 Å². The molecule has 2 aromatic carbocycles. The topological polar surface area (TPSA) is 53.5 Å². The van der Waals surface area contributed by atoms with E-state index in [0.717, 1.165) is 15.8 Å². The number of fused-ring (bicyclic) bond motifs is 1. The lowest BCUT2D eigenvalue weighted by Crippen LogP contribution is -2.49. The normalized spacial score (nSPS) is 14.0. The second-order valence-electron chi connectivity index (χ2n) is 8.18. The van der Waals surface area contributed by atoms with Gasteiger partial charge in [0.2, 0.25) is 0 Å². The number of amides is 1. The van der Waals surface area contributed by atoms with E-state index in [1.54, 1.807) is 17.0 Å². The van der Waals surface area contributed by atoms with Crippen molar-refractivity contribution in [2.24, 2.45) is 0 Å². The number of anilines is 1. The van der Waals surface area contributed by atoms with E-state index in [0.29, 0.717) is 53.0 Å². The summed E-state index contributed by atoms with van der Waals surface area (Å²) in [5.41, 5.74) is 2.85. The Morgan fingerprint density at radius 1 is 1.00 bits per heavy atom. The standard InChI is InChI=1S/C26H21ClFN3O2S/c1-16(32)17-6-7-23(20(28)14-17)30-10-12-31(13-11-30)26(33)19-15-22(24-8-9-25(27)34-24)29-21-5-3-2-4-18(19)21/h2-9,14-15H,10-13H2,1H3. The van der Waals surface area contributed by atoms with Crippen LogP contribution in [0.5, 0.6) is 0 Å². The van der Waals surface area contributed by atoms with Gasteiger partial charge in [0.15, 0.2) is 5.78 Å². The molecule has 4 aromatic rings. The highest BCUT2D eigenvalue weighted by atomic mass is 35.5. The molecular formula is C26H21ClFN3O2S. The molecular weight excluding hydrogens is 473 g/mol. The molecule has 8 heteroatoms. The summed E-state index contributed by atoms with van der Waals surface area (Å²) in [6.07, 6.45) is 0. The number of rotatable bonds is 4. The van der Waals surface area contributed by atoms with Crippen LogP contribution in [0.3, 0.4) is 0 Å². The molecule has 5 rings (SSSR count). The number of hydrogen-bond donors (Lipinski definition) is 0. The minimum Gasteiger partial charge on any atom is -0.366 e. The van der Waals surface area contributed by atoms with Crippen molar-refractivity contribution in [1.29, 1.82) is 0 Å². The number of carbonyl (C=O) groups excluding carboxylic acids is 2. The summed E-state index contributed by atoms with van der Waals surface area (Å²) in [6, 6.07) is 17.7. The lowest BCUT2D eigenvalue weighted by molar-refractivity contribution is 0.0748. The van der Waals surface area contributed by atoms with E-state index in [9.17, 15) is 14.0 Å².